The van der Waals surface area contributed by atoms with Crippen LogP contribution in [-0.4, -0.2) is 34.4 Å². The highest BCUT2D eigenvalue weighted by Crippen LogP contribution is 2.31. The minimum Gasteiger partial charge on any atom is -0.497 e. The van der Waals surface area contributed by atoms with Crippen LogP contribution in [0.4, 0.5) is 5.69 Å². The van der Waals surface area contributed by atoms with E-state index in [0.29, 0.717) is 28.6 Å². The van der Waals surface area contributed by atoms with E-state index < -0.39 is 10.0 Å². The topological polar surface area (TPSA) is 111 Å². The molecule has 0 saturated carbocycles. The Labute approximate surface area is 191 Å². The molecule has 0 saturated heterocycles. The van der Waals surface area contributed by atoms with E-state index in [9.17, 15) is 13.2 Å². The summed E-state index contributed by atoms with van der Waals surface area (Å²) in [6.45, 7) is 0. The standard InChI is InChI=1S/C24H21N3O5S/c1-31-19-10-13-22(32-2)17(14-19)15-21-24(28)27(23(26-21)16-6-4-3-5-7-16)18-8-11-20(12-9-18)33(25,29)30/h3-15H,1-2H3,(H2,25,29,30)/b21-15+. The predicted molar refractivity (Wildman–Crippen MR) is 126 cm³/mol. The van der Waals surface area contributed by atoms with Crippen molar-refractivity contribution in [3.63, 3.8) is 0 Å². The van der Waals surface area contributed by atoms with E-state index in [-0.39, 0.29) is 16.5 Å². The number of hydrogen-bond donors (Lipinski definition) is 1. The van der Waals surface area contributed by atoms with Crippen molar-refractivity contribution in [1.29, 1.82) is 0 Å². The Hall–Kier alpha value is -3.95. The summed E-state index contributed by atoms with van der Waals surface area (Å²) in [6, 6.07) is 20.2. The Morgan fingerprint density at radius 1 is 0.939 bits per heavy atom. The third-order valence-corrected chi connectivity index (χ3v) is 5.97. The van der Waals surface area contributed by atoms with E-state index >= 15 is 0 Å². The fourth-order valence-corrected chi connectivity index (χ4v) is 3.94. The highest BCUT2D eigenvalue weighted by molar-refractivity contribution is 7.89. The van der Waals surface area contributed by atoms with Gasteiger partial charge in [-0.15, -0.1) is 0 Å². The molecule has 8 nitrogen and oxygen atoms in total. The van der Waals surface area contributed by atoms with Gasteiger partial charge in [-0.3, -0.25) is 9.69 Å². The van der Waals surface area contributed by atoms with Gasteiger partial charge in [-0.25, -0.2) is 18.5 Å². The van der Waals surface area contributed by atoms with Gasteiger partial charge < -0.3 is 9.47 Å². The molecule has 9 heteroatoms. The van der Waals surface area contributed by atoms with Crippen LogP contribution < -0.4 is 19.5 Å². The van der Waals surface area contributed by atoms with Crippen LogP contribution in [0.15, 0.2) is 88.4 Å². The van der Waals surface area contributed by atoms with E-state index in [4.69, 9.17) is 14.6 Å². The van der Waals surface area contributed by atoms with Crippen molar-refractivity contribution < 1.29 is 22.7 Å². The van der Waals surface area contributed by atoms with E-state index in [0.717, 1.165) is 5.56 Å². The van der Waals surface area contributed by atoms with Crippen LogP contribution in [0.5, 0.6) is 11.5 Å². The molecular weight excluding hydrogens is 442 g/mol. The third-order valence-electron chi connectivity index (χ3n) is 5.04. The zero-order valence-corrected chi connectivity index (χ0v) is 18.7. The SMILES string of the molecule is COc1ccc(OC)c(/C=C2/N=C(c3ccccc3)N(c3ccc(S(N)(=O)=O)cc3)C2=O)c1. The van der Waals surface area contributed by atoms with Crippen molar-refractivity contribution in [1.82, 2.24) is 0 Å². The lowest BCUT2D eigenvalue weighted by molar-refractivity contribution is -0.113. The number of nitrogens with zero attached hydrogens (tertiary/aromatic N) is 2. The molecule has 2 N–H and O–H groups in total. The van der Waals surface area contributed by atoms with Crippen LogP contribution >= 0.6 is 0 Å². The third kappa shape index (κ3) is 4.50. The number of rotatable bonds is 6. The summed E-state index contributed by atoms with van der Waals surface area (Å²) < 4.78 is 34.0. The Morgan fingerprint density at radius 3 is 2.24 bits per heavy atom. The lowest BCUT2D eigenvalue weighted by Crippen LogP contribution is -2.32. The number of aliphatic imine (C=N–C) groups is 1. The summed E-state index contributed by atoms with van der Waals surface area (Å²) in [5, 5.41) is 5.20. The average molecular weight is 464 g/mol. The summed E-state index contributed by atoms with van der Waals surface area (Å²) in [6.07, 6.45) is 1.63. The maximum Gasteiger partial charge on any atom is 0.282 e. The summed E-state index contributed by atoms with van der Waals surface area (Å²) in [5.74, 6) is 1.21. The highest BCUT2D eigenvalue weighted by atomic mass is 32.2. The fourth-order valence-electron chi connectivity index (χ4n) is 3.42. The quantitative estimate of drug-likeness (QED) is 0.565. The number of amidine groups is 1. The van der Waals surface area contributed by atoms with Gasteiger partial charge >= 0.3 is 0 Å². The van der Waals surface area contributed by atoms with Crippen LogP contribution in [0.2, 0.25) is 0 Å². The Balaban J connectivity index is 1.83. The normalized spacial score (nSPS) is 15.0. The molecule has 0 fully saturated rings. The molecular formula is C24H21N3O5S. The number of amides is 1. The maximum absolute atomic E-state index is 13.5. The molecule has 0 spiro atoms. The average Bonchev–Trinajstić information content (AvgIpc) is 3.15. The molecule has 1 aliphatic rings. The van der Waals surface area contributed by atoms with Crippen molar-refractivity contribution in [2.45, 2.75) is 4.90 Å². The maximum atomic E-state index is 13.5. The number of hydrogen-bond acceptors (Lipinski definition) is 6. The number of methoxy groups -OCH3 is 2. The van der Waals surface area contributed by atoms with Gasteiger partial charge in [-0.05, 0) is 48.5 Å². The van der Waals surface area contributed by atoms with Gasteiger partial charge in [-0.2, -0.15) is 0 Å². The van der Waals surface area contributed by atoms with Crippen molar-refractivity contribution >= 4 is 33.5 Å². The molecule has 1 aliphatic heterocycles. The molecule has 0 bridgehead atoms. The van der Waals surface area contributed by atoms with Crippen LogP contribution in [0, 0.1) is 0 Å². The minimum absolute atomic E-state index is 0.0482. The second-order valence-electron chi connectivity index (χ2n) is 7.12. The smallest absolute Gasteiger partial charge is 0.282 e. The van der Waals surface area contributed by atoms with Gasteiger partial charge in [0.05, 0.1) is 24.8 Å². The molecule has 0 aromatic heterocycles. The first-order chi connectivity index (χ1) is 15.8. The van der Waals surface area contributed by atoms with Gasteiger partial charge in [-0.1, -0.05) is 30.3 Å². The molecule has 0 aliphatic carbocycles. The van der Waals surface area contributed by atoms with Crippen LogP contribution in [0.1, 0.15) is 11.1 Å². The lowest BCUT2D eigenvalue weighted by Gasteiger charge is -2.18. The van der Waals surface area contributed by atoms with Crippen molar-refractivity contribution in [2.24, 2.45) is 10.1 Å². The molecule has 3 aromatic carbocycles. The largest absolute Gasteiger partial charge is 0.497 e. The number of benzene rings is 3. The second-order valence-corrected chi connectivity index (χ2v) is 8.68. The molecule has 3 aromatic rings. The summed E-state index contributed by atoms with van der Waals surface area (Å²) >= 11 is 0. The number of anilines is 1. The highest BCUT2D eigenvalue weighted by Gasteiger charge is 2.32. The zero-order chi connectivity index (χ0) is 23.6. The first kappa shape index (κ1) is 22.3. The number of carbonyl (C=O) groups is 1. The number of carbonyl (C=O) groups excluding carboxylic acids is 1. The van der Waals surface area contributed by atoms with Crippen molar-refractivity contribution in [3.05, 3.63) is 89.6 Å². The van der Waals surface area contributed by atoms with Gasteiger partial charge in [0.2, 0.25) is 10.0 Å². The van der Waals surface area contributed by atoms with E-state index in [1.54, 1.807) is 31.4 Å². The summed E-state index contributed by atoms with van der Waals surface area (Å²) in [4.78, 5) is 19.5. The monoisotopic (exact) mass is 463 g/mol. The second kappa shape index (κ2) is 8.89. The van der Waals surface area contributed by atoms with Gasteiger partial charge in [0.1, 0.15) is 23.0 Å². The Morgan fingerprint density at radius 2 is 1.64 bits per heavy atom. The molecule has 33 heavy (non-hydrogen) atoms. The first-order valence-corrected chi connectivity index (χ1v) is 11.4. The molecule has 0 atom stereocenters. The van der Waals surface area contributed by atoms with Crippen LogP contribution in [-0.2, 0) is 14.8 Å². The van der Waals surface area contributed by atoms with Crippen molar-refractivity contribution in [2.75, 3.05) is 19.1 Å². The summed E-state index contributed by atoms with van der Waals surface area (Å²) in [7, 11) is -0.765. The number of primary sulfonamides is 1. The Bertz CT molecular complexity index is 1360. The molecule has 0 unspecified atom stereocenters. The van der Waals surface area contributed by atoms with Crippen LogP contribution in [0.3, 0.4) is 0 Å². The minimum atomic E-state index is -3.86. The Kier molecular flexibility index (Phi) is 5.99. The van der Waals surface area contributed by atoms with Gasteiger partial charge in [0.25, 0.3) is 5.91 Å². The number of nitrogens with two attached hydrogens (primary N) is 1. The zero-order valence-electron chi connectivity index (χ0n) is 17.9. The molecule has 1 amide bonds. The van der Waals surface area contributed by atoms with Gasteiger partial charge in [0.15, 0.2) is 0 Å². The first-order valence-electron chi connectivity index (χ1n) is 9.87. The van der Waals surface area contributed by atoms with Crippen LogP contribution in [0.25, 0.3) is 6.08 Å². The van der Waals surface area contributed by atoms with E-state index in [2.05, 4.69) is 4.99 Å². The lowest BCUT2D eigenvalue weighted by atomic mass is 10.1. The summed E-state index contributed by atoms with van der Waals surface area (Å²) in [5.41, 5.74) is 2.00. The van der Waals surface area contributed by atoms with Gasteiger partial charge in [0, 0.05) is 11.1 Å². The number of ether oxygens (including phenoxy) is 2. The molecule has 168 valence electrons. The molecule has 1 heterocycles. The van der Waals surface area contributed by atoms with E-state index in [1.165, 1.54) is 36.3 Å². The number of sulfonamides is 1. The molecule has 0 radical (unpaired) electrons. The van der Waals surface area contributed by atoms with Crippen molar-refractivity contribution in [3.8, 4) is 11.5 Å². The molecule has 4 rings (SSSR count). The van der Waals surface area contributed by atoms with E-state index in [1.807, 2.05) is 30.3 Å². The predicted octanol–water partition coefficient (Wildman–Crippen LogP) is 3.19. The fraction of sp³-hybridized carbons (Fsp3) is 0.0833.